The first kappa shape index (κ1) is 32.2. The van der Waals surface area contributed by atoms with Gasteiger partial charge in [-0.3, -0.25) is 24.0 Å². The van der Waals surface area contributed by atoms with Crippen LogP contribution in [0.5, 0.6) is 0 Å². The molecular formula is C31H46N4O6. The third-order valence-electron chi connectivity index (χ3n) is 7.84. The van der Waals surface area contributed by atoms with Crippen LogP contribution < -0.4 is 16.0 Å². The summed E-state index contributed by atoms with van der Waals surface area (Å²) in [5, 5.41) is 18.1. The third-order valence-corrected chi connectivity index (χ3v) is 7.84. The average molecular weight is 571 g/mol. The number of nitrogens with one attached hydrogen (secondary N) is 3. The van der Waals surface area contributed by atoms with Gasteiger partial charge in [0.1, 0.15) is 30.3 Å². The number of Topliss-reactive ketones (excluding diaryl/α,β-unsaturated/α-hetero) is 1. The van der Waals surface area contributed by atoms with Crippen molar-refractivity contribution in [2.75, 3.05) is 6.54 Å². The highest BCUT2D eigenvalue weighted by molar-refractivity contribution is 5.97. The summed E-state index contributed by atoms with van der Waals surface area (Å²) in [5.41, 5.74) is 0.853. The molecule has 0 bridgehead atoms. The monoisotopic (exact) mass is 570 g/mol. The van der Waals surface area contributed by atoms with E-state index in [9.17, 15) is 29.1 Å². The molecule has 0 aromatic heterocycles. The molecule has 10 heteroatoms. The Hall–Kier alpha value is -3.27. The summed E-state index contributed by atoms with van der Waals surface area (Å²) < 4.78 is 0. The van der Waals surface area contributed by atoms with Crippen LogP contribution in [0.1, 0.15) is 84.1 Å². The smallest absolute Gasteiger partial charge is 0.245 e. The highest BCUT2D eigenvalue weighted by atomic mass is 16.3. The largest absolute Gasteiger partial charge is 0.386 e. The first-order valence-corrected chi connectivity index (χ1v) is 15.0. The topological polar surface area (TPSA) is 145 Å². The van der Waals surface area contributed by atoms with E-state index in [1.54, 1.807) is 4.90 Å². The maximum atomic E-state index is 13.8. The Balaban J connectivity index is 1.86. The number of rotatable bonds is 11. The van der Waals surface area contributed by atoms with Crippen molar-refractivity contribution >= 4 is 29.4 Å². The number of hydrogen-bond acceptors (Lipinski definition) is 6. The molecular weight excluding hydrogens is 524 g/mol. The maximum Gasteiger partial charge on any atom is 0.245 e. The van der Waals surface area contributed by atoms with Gasteiger partial charge in [-0.2, -0.15) is 0 Å². The molecule has 5 unspecified atom stereocenters. The summed E-state index contributed by atoms with van der Waals surface area (Å²) in [5.74, 6) is -1.62. The Morgan fingerprint density at radius 3 is 2.22 bits per heavy atom. The van der Waals surface area contributed by atoms with Gasteiger partial charge in [0.2, 0.25) is 23.6 Å². The number of carbonyl (C=O) groups excluding carboxylic acids is 5. The Morgan fingerprint density at radius 2 is 1.54 bits per heavy atom. The fourth-order valence-corrected chi connectivity index (χ4v) is 5.53. The van der Waals surface area contributed by atoms with E-state index in [-0.39, 0.29) is 36.4 Å². The Labute approximate surface area is 243 Å². The van der Waals surface area contributed by atoms with Crippen molar-refractivity contribution in [3.63, 3.8) is 0 Å². The van der Waals surface area contributed by atoms with E-state index in [1.807, 2.05) is 44.2 Å². The SMILES string of the molecule is CC(C)CC1NC(=O)C(Cc2ccccc2)NC(=O)C(CCCCCC(=O)C(C)O)NC(=O)C2CCCCN2C1=O. The van der Waals surface area contributed by atoms with E-state index in [4.69, 9.17) is 0 Å². The number of carbonyl (C=O) groups is 5. The van der Waals surface area contributed by atoms with Crippen LogP contribution in [0.4, 0.5) is 0 Å². The first-order valence-electron chi connectivity index (χ1n) is 15.0. The van der Waals surface area contributed by atoms with Gasteiger partial charge in [0, 0.05) is 19.4 Å². The second-order valence-corrected chi connectivity index (χ2v) is 11.8. The van der Waals surface area contributed by atoms with Crippen molar-refractivity contribution in [2.45, 2.75) is 115 Å². The van der Waals surface area contributed by atoms with Gasteiger partial charge in [0.25, 0.3) is 0 Å². The molecule has 1 aromatic carbocycles. The van der Waals surface area contributed by atoms with Crippen LogP contribution in [0.2, 0.25) is 0 Å². The zero-order valence-corrected chi connectivity index (χ0v) is 24.6. The van der Waals surface area contributed by atoms with Crippen molar-refractivity contribution in [3.05, 3.63) is 35.9 Å². The van der Waals surface area contributed by atoms with E-state index in [2.05, 4.69) is 16.0 Å². The fraction of sp³-hybridized carbons (Fsp3) is 0.645. The van der Waals surface area contributed by atoms with Crippen molar-refractivity contribution < 1.29 is 29.1 Å². The molecule has 2 saturated heterocycles. The summed E-state index contributed by atoms with van der Waals surface area (Å²) in [4.78, 5) is 67.9. The molecule has 0 radical (unpaired) electrons. The lowest BCUT2D eigenvalue weighted by Gasteiger charge is -2.39. The summed E-state index contributed by atoms with van der Waals surface area (Å²) in [6.07, 6.45) is 4.02. The van der Waals surface area contributed by atoms with Gasteiger partial charge in [-0.05, 0) is 56.9 Å². The van der Waals surface area contributed by atoms with Crippen LogP contribution in [0.3, 0.4) is 0 Å². The highest BCUT2D eigenvalue weighted by Gasteiger charge is 2.39. The number of amides is 4. The molecule has 2 aliphatic heterocycles. The lowest BCUT2D eigenvalue weighted by molar-refractivity contribution is -0.147. The predicted molar refractivity (Wildman–Crippen MR) is 155 cm³/mol. The number of fused-ring (bicyclic) bond motifs is 1. The van der Waals surface area contributed by atoms with Crippen molar-refractivity contribution in [1.82, 2.24) is 20.9 Å². The molecule has 0 saturated carbocycles. The number of benzene rings is 1. The normalized spacial score (nSPS) is 24.9. The summed E-state index contributed by atoms with van der Waals surface area (Å²) in [7, 11) is 0. The Morgan fingerprint density at radius 1 is 0.878 bits per heavy atom. The lowest BCUT2D eigenvalue weighted by Crippen LogP contribution is -2.63. The van der Waals surface area contributed by atoms with Gasteiger partial charge in [-0.15, -0.1) is 0 Å². The number of aliphatic hydroxyl groups excluding tert-OH is 1. The minimum atomic E-state index is -1.000. The minimum absolute atomic E-state index is 0.122. The van der Waals surface area contributed by atoms with Gasteiger partial charge in [0.15, 0.2) is 5.78 Å². The number of hydrogen-bond donors (Lipinski definition) is 4. The summed E-state index contributed by atoms with van der Waals surface area (Å²) >= 11 is 0. The molecule has 5 atom stereocenters. The van der Waals surface area contributed by atoms with Crippen molar-refractivity contribution in [2.24, 2.45) is 5.92 Å². The van der Waals surface area contributed by atoms with E-state index >= 15 is 0 Å². The van der Waals surface area contributed by atoms with Gasteiger partial charge in [-0.1, -0.05) is 57.0 Å². The Bertz CT molecular complexity index is 1060. The molecule has 2 heterocycles. The molecule has 1 aromatic rings. The molecule has 2 fully saturated rings. The third kappa shape index (κ3) is 9.66. The molecule has 4 N–H and O–H groups in total. The molecule has 226 valence electrons. The van der Waals surface area contributed by atoms with Crippen LogP contribution in [-0.4, -0.2) is 76.2 Å². The molecule has 10 nitrogen and oxygen atoms in total. The standard InChI is InChI=1S/C31H46N4O6/c1-20(2)18-25-31(41)35-17-11-10-15-26(35)30(40)32-23(14-8-5-9-16-27(37)21(3)36)28(38)33-24(29(39)34-25)19-22-12-6-4-7-13-22/h4,6-7,12-13,20-21,23-26,36H,5,8-11,14-19H2,1-3H3,(H,32,40)(H,33,38)(H,34,39). The number of ketones is 1. The van der Waals surface area contributed by atoms with Crippen LogP contribution in [0.15, 0.2) is 30.3 Å². The van der Waals surface area contributed by atoms with E-state index in [0.717, 1.165) is 18.4 Å². The van der Waals surface area contributed by atoms with Crippen molar-refractivity contribution in [3.8, 4) is 0 Å². The average Bonchev–Trinajstić information content (AvgIpc) is 2.94. The molecule has 3 rings (SSSR count). The van der Waals surface area contributed by atoms with Crippen LogP contribution in [0.25, 0.3) is 0 Å². The quantitative estimate of drug-likeness (QED) is 0.300. The summed E-state index contributed by atoms with van der Waals surface area (Å²) in [6, 6.07) is 5.99. The zero-order valence-electron chi connectivity index (χ0n) is 24.6. The maximum absolute atomic E-state index is 13.8. The molecule has 4 amide bonds. The number of piperidine rings is 1. The predicted octanol–water partition coefficient (Wildman–Crippen LogP) is 2.02. The van der Waals surface area contributed by atoms with E-state index in [0.29, 0.717) is 45.1 Å². The Kier molecular flexibility index (Phi) is 12.3. The fourth-order valence-electron chi connectivity index (χ4n) is 5.53. The van der Waals surface area contributed by atoms with Gasteiger partial charge in [-0.25, -0.2) is 0 Å². The second kappa shape index (κ2) is 15.7. The molecule has 0 aliphatic carbocycles. The molecule has 2 aliphatic rings. The number of aliphatic hydroxyl groups is 1. The van der Waals surface area contributed by atoms with E-state index in [1.165, 1.54) is 6.92 Å². The minimum Gasteiger partial charge on any atom is -0.386 e. The van der Waals surface area contributed by atoms with Gasteiger partial charge >= 0.3 is 0 Å². The first-order chi connectivity index (χ1) is 19.6. The van der Waals surface area contributed by atoms with E-state index < -0.39 is 42.1 Å². The highest BCUT2D eigenvalue weighted by Crippen LogP contribution is 2.21. The van der Waals surface area contributed by atoms with Gasteiger partial charge in [0.05, 0.1) is 0 Å². The zero-order chi connectivity index (χ0) is 29.9. The molecule has 41 heavy (non-hydrogen) atoms. The second-order valence-electron chi connectivity index (χ2n) is 11.8. The number of nitrogens with zero attached hydrogens (tertiary/aromatic N) is 1. The van der Waals surface area contributed by atoms with Crippen LogP contribution >= 0.6 is 0 Å². The van der Waals surface area contributed by atoms with Crippen LogP contribution in [0, 0.1) is 5.92 Å². The summed E-state index contributed by atoms with van der Waals surface area (Å²) in [6.45, 7) is 5.82. The number of unbranched alkanes of at least 4 members (excludes halogenated alkanes) is 2. The van der Waals surface area contributed by atoms with Crippen molar-refractivity contribution in [1.29, 1.82) is 0 Å². The molecule has 0 spiro atoms. The van der Waals surface area contributed by atoms with Gasteiger partial charge < -0.3 is 26.0 Å². The lowest BCUT2D eigenvalue weighted by atomic mass is 9.95. The van der Waals surface area contributed by atoms with Crippen LogP contribution in [-0.2, 0) is 30.4 Å².